The van der Waals surface area contributed by atoms with Crippen LogP contribution in [0.3, 0.4) is 0 Å². The number of rotatable bonds is 5. The zero-order valence-electron chi connectivity index (χ0n) is 10.4. The maximum absolute atomic E-state index is 5.20. The number of benzene rings is 1. The summed E-state index contributed by atoms with van der Waals surface area (Å²) in [5.74, 6) is 1.76. The molecule has 8 heteroatoms. The number of aromatic nitrogens is 3. The van der Waals surface area contributed by atoms with E-state index in [9.17, 15) is 0 Å². The van der Waals surface area contributed by atoms with Gasteiger partial charge in [-0.15, -0.1) is 0 Å². The van der Waals surface area contributed by atoms with Crippen LogP contribution in [0.5, 0.6) is 11.5 Å². The van der Waals surface area contributed by atoms with E-state index in [1.807, 2.05) is 18.2 Å². The van der Waals surface area contributed by atoms with Crippen molar-refractivity contribution in [1.82, 2.24) is 15.2 Å². The highest BCUT2D eigenvalue weighted by Crippen LogP contribution is 2.26. The monoisotopic (exact) mass is 279 g/mol. The first-order chi connectivity index (χ1) is 9.22. The number of hydrogen-bond donors (Lipinski definition) is 3. The minimum absolute atomic E-state index is 0.365. The van der Waals surface area contributed by atoms with Gasteiger partial charge in [0, 0.05) is 0 Å². The minimum atomic E-state index is 0.365. The van der Waals surface area contributed by atoms with Crippen molar-refractivity contribution in [2.45, 2.75) is 0 Å². The molecule has 0 aliphatic rings. The summed E-state index contributed by atoms with van der Waals surface area (Å²) in [6.07, 6.45) is 1.63. The molecule has 0 aliphatic heterocycles. The number of ether oxygens (including phenoxy) is 2. The smallest absolute Gasteiger partial charge is 0.238 e. The zero-order valence-corrected chi connectivity index (χ0v) is 11.2. The normalized spacial score (nSPS) is 10.6. The van der Waals surface area contributed by atoms with Gasteiger partial charge in [0.25, 0.3) is 0 Å². The molecule has 2 aromatic rings. The van der Waals surface area contributed by atoms with E-state index >= 15 is 0 Å². The van der Waals surface area contributed by atoms with Crippen LogP contribution in [0, 0.1) is 4.77 Å². The number of nitrogens with one attached hydrogen (secondary N) is 3. The average Bonchev–Trinajstić information content (AvgIpc) is 2.84. The van der Waals surface area contributed by atoms with Gasteiger partial charge < -0.3 is 9.47 Å². The van der Waals surface area contributed by atoms with Crippen LogP contribution in [0.25, 0.3) is 0 Å². The summed E-state index contributed by atoms with van der Waals surface area (Å²) in [5, 5.41) is 9.40. The van der Waals surface area contributed by atoms with E-state index in [-0.39, 0.29) is 0 Å². The molecular formula is C11H13N5O2S. The third-order valence-electron chi connectivity index (χ3n) is 2.29. The van der Waals surface area contributed by atoms with Crippen molar-refractivity contribution in [3.05, 3.63) is 28.5 Å². The lowest BCUT2D eigenvalue weighted by Crippen LogP contribution is -1.94. The van der Waals surface area contributed by atoms with E-state index in [0.29, 0.717) is 22.2 Å². The third-order valence-corrected chi connectivity index (χ3v) is 2.49. The molecule has 2 rings (SSSR count). The maximum atomic E-state index is 5.20. The van der Waals surface area contributed by atoms with Gasteiger partial charge in [0.2, 0.25) is 10.7 Å². The Kier molecular flexibility index (Phi) is 4.14. The molecule has 3 N–H and O–H groups in total. The summed E-state index contributed by atoms with van der Waals surface area (Å²) in [4.78, 5) is 3.94. The van der Waals surface area contributed by atoms with Crippen LogP contribution in [-0.2, 0) is 0 Å². The lowest BCUT2D eigenvalue weighted by Gasteiger charge is -2.07. The summed E-state index contributed by atoms with van der Waals surface area (Å²) in [7, 11) is 3.17. The van der Waals surface area contributed by atoms with Gasteiger partial charge in [0.05, 0.1) is 20.4 Å². The molecule has 0 bridgehead atoms. The quantitative estimate of drug-likeness (QED) is 0.442. The Labute approximate surface area is 114 Å². The largest absolute Gasteiger partial charge is 0.493 e. The van der Waals surface area contributed by atoms with Gasteiger partial charge in [0.15, 0.2) is 11.5 Å². The van der Waals surface area contributed by atoms with Crippen LogP contribution in [0.1, 0.15) is 5.56 Å². The van der Waals surface area contributed by atoms with Gasteiger partial charge in [0.1, 0.15) is 0 Å². The number of nitrogens with zero attached hydrogens (tertiary/aromatic N) is 2. The molecular weight excluding hydrogens is 266 g/mol. The Morgan fingerprint density at radius 3 is 2.68 bits per heavy atom. The first kappa shape index (κ1) is 13.1. The second kappa shape index (κ2) is 6.01. The molecule has 7 nitrogen and oxygen atoms in total. The Balaban J connectivity index is 2.08. The fourth-order valence-corrected chi connectivity index (χ4v) is 1.57. The Bertz CT molecular complexity index is 634. The van der Waals surface area contributed by atoms with Crippen molar-refractivity contribution < 1.29 is 9.47 Å². The van der Waals surface area contributed by atoms with E-state index in [2.05, 4.69) is 25.7 Å². The lowest BCUT2D eigenvalue weighted by atomic mass is 10.2. The van der Waals surface area contributed by atoms with Gasteiger partial charge >= 0.3 is 0 Å². The van der Waals surface area contributed by atoms with Gasteiger partial charge in [-0.25, -0.2) is 5.43 Å². The first-order valence-electron chi connectivity index (χ1n) is 5.38. The van der Waals surface area contributed by atoms with Crippen LogP contribution in [0.2, 0.25) is 0 Å². The summed E-state index contributed by atoms with van der Waals surface area (Å²) in [6, 6.07) is 5.48. The second-order valence-corrected chi connectivity index (χ2v) is 3.89. The van der Waals surface area contributed by atoms with Gasteiger partial charge in [-0.3, -0.25) is 10.2 Å². The number of hydrazone groups is 1. The molecule has 0 fully saturated rings. The molecule has 0 spiro atoms. The molecule has 0 amide bonds. The van der Waals surface area contributed by atoms with Gasteiger partial charge in [-0.2, -0.15) is 10.1 Å². The SMILES string of the molecule is COc1ccc(/C=N/Nc2nc(=S)[nH][nH]2)cc1OC. The van der Waals surface area contributed by atoms with Crippen molar-refractivity contribution in [2.24, 2.45) is 5.10 Å². The first-order valence-corrected chi connectivity index (χ1v) is 5.79. The lowest BCUT2D eigenvalue weighted by molar-refractivity contribution is 0.355. The zero-order chi connectivity index (χ0) is 13.7. The molecule has 1 aromatic heterocycles. The van der Waals surface area contributed by atoms with Crippen molar-refractivity contribution in [3.8, 4) is 11.5 Å². The molecule has 0 aliphatic carbocycles. The third kappa shape index (κ3) is 3.32. The van der Waals surface area contributed by atoms with E-state index in [1.165, 1.54) is 0 Å². The molecule has 100 valence electrons. The van der Waals surface area contributed by atoms with Crippen LogP contribution >= 0.6 is 12.2 Å². The minimum Gasteiger partial charge on any atom is -0.493 e. The van der Waals surface area contributed by atoms with Gasteiger partial charge in [-0.05, 0) is 36.0 Å². The summed E-state index contributed by atoms with van der Waals surface area (Å²) < 4.78 is 10.7. The van der Waals surface area contributed by atoms with Crippen LogP contribution in [-0.4, -0.2) is 35.6 Å². The fraction of sp³-hybridized carbons (Fsp3) is 0.182. The van der Waals surface area contributed by atoms with E-state index < -0.39 is 0 Å². The van der Waals surface area contributed by atoms with Crippen LogP contribution < -0.4 is 14.9 Å². The average molecular weight is 279 g/mol. The molecule has 0 saturated carbocycles. The second-order valence-electron chi connectivity index (χ2n) is 3.50. The highest BCUT2D eigenvalue weighted by atomic mass is 32.1. The number of methoxy groups -OCH3 is 2. The van der Waals surface area contributed by atoms with Crippen molar-refractivity contribution >= 4 is 24.4 Å². The van der Waals surface area contributed by atoms with Crippen LogP contribution in [0.15, 0.2) is 23.3 Å². The topological polar surface area (TPSA) is 87.3 Å². The predicted molar refractivity (Wildman–Crippen MR) is 74.5 cm³/mol. The number of H-pyrrole nitrogens is 2. The number of anilines is 1. The van der Waals surface area contributed by atoms with Crippen molar-refractivity contribution in [2.75, 3.05) is 19.6 Å². The summed E-state index contributed by atoms with van der Waals surface area (Å²) in [5.41, 5.74) is 3.57. The van der Waals surface area contributed by atoms with Crippen molar-refractivity contribution in [1.29, 1.82) is 0 Å². The molecule has 1 aromatic carbocycles. The summed E-state index contributed by atoms with van der Waals surface area (Å²) >= 11 is 4.82. The Morgan fingerprint density at radius 2 is 2.05 bits per heavy atom. The van der Waals surface area contributed by atoms with E-state index in [0.717, 1.165) is 5.56 Å². The highest BCUT2D eigenvalue weighted by Gasteiger charge is 2.02. The van der Waals surface area contributed by atoms with E-state index in [4.69, 9.17) is 21.7 Å². The standard InChI is InChI=1S/C11H13N5O2S/c1-17-8-4-3-7(5-9(8)18-2)6-12-14-10-13-11(19)16-15-10/h3-6H,1-2H3,(H3,13,14,15,16,19)/b12-6+. The molecule has 0 atom stereocenters. The maximum Gasteiger partial charge on any atom is 0.238 e. The molecule has 0 radical (unpaired) electrons. The molecule has 0 unspecified atom stereocenters. The Hall–Kier alpha value is -2.35. The molecule has 0 saturated heterocycles. The Morgan fingerprint density at radius 1 is 1.26 bits per heavy atom. The predicted octanol–water partition coefficient (Wildman–Crippen LogP) is 1.93. The van der Waals surface area contributed by atoms with E-state index in [1.54, 1.807) is 20.4 Å². The fourth-order valence-electron chi connectivity index (χ4n) is 1.42. The van der Waals surface area contributed by atoms with Gasteiger partial charge in [-0.1, -0.05) is 0 Å². The molecule has 19 heavy (non-hydrogen) atoms. The van der Waals surface area contributed by atoms with Crippen LogP contribution in [0.4, 0.5) is 5.95 Å². The molecule has 1 heterocycles. The van der Waals surface area contributed by atoms with Crippen molar-refractivity contribution in [3.63, 3.8) is 0 Å². The highest BCUT2D eigenvalue weighted by molar-refractivity contribution is 7.71. The summed E-state index contributed by atoms with van der Waals surface area (Å²) in [6.45, 7) is 0. The number of aromatic amines is 2. The number of hydrogen-bond acceptors (Lipinski definition) is 6.